The Labute approximate surface area is 145 Å². The van der Waals surface area contributed by atoms with Gasteiger partial charge in [0.25, 0.3) is 0 Å². The third kappa shape index (κ3) is 4.54. The highest BCUT2D eigenvalue weighted by atomic mass is 79.9. The number of ether oxygens (including phenoxy) is 1. The maximum absolute atomic E-state index is 12.0. The number of halogens is 1. The molecule has 2 heterocycles. The number of nitrogens with zero attached hydrogens (tertiary/aromatic N) is 2. The van der Waals surface area contributed by atoms with Crippen molar-refractivity contribution in [2.75, 3.05) is 11.9 Å². The van der Waals surface area contributed by atoms with Gasteiger partial charge in [-0.25, -0.2) is 4.98 Å². The number of imidazole rings is 1. The predicted octanol–water partition coefficient (Wildman–Crippen LogP) is 2.01. The number of amides is 1. The number of carboxylic acid groups (broad SMARTS) is 1. The molecule has 0 radical (unpaired) electrons. The van der Waals surface area contributed by atoms with Crippen molar-refractivity contribution in [3.63, 3.8) is 0 Å². The Kier molecular flexibility index (Phi) is 5.91. The van der Waals surface area contributed by atoms with E-state index in [1.807, 2.05) is 0 Å². The van der Waals surface area contributed by atoms with Crippen LogP contribution in [-0.2, 0) is 25.5 Å². The molecule has 2 aromatic rings. The van der Waals surface area contributed by atoms with Crippen LogP contribution in [0.1, 0.15) is 25.5 Å². The van der Waals surface area contributed by atoms with Crippen molar-refractivity contribution < 1.29 is 24.2 Å². The highest BCUT2D eigenvalue weighted by molar-refractivity contribution is 9.10. The van der Waals surface area contributed by atoms with Crippen LogP contribution in [0.25, 0.3) is 5.65 Å². The molecule has 9 heteroatoms. The molecule has 0 bridgehead atoms. The minimum atomic E-state index is -1.06. The molecule has 1 amide bonds. The van der Waals surface area contributed by atoms with Gasteiger partial charge in [0.05, 0.1) is 25.1 Å². The second-order valence-corrected chi connectivity index (χ2v) is 5.82. The van der Waals surface area contributed by atoms with Crippen LogP contribution in [0.3, 0.4) is 0 Å². The molecule has 2 rings (SSSR count). The molecule has 0 aliphatic heterocycles. The smallest absolute Gasteiger partial charge is 0.312 e. The first-order chi connectivity index (χ1) is 11.4. The van der Waals surface area contributed by atoms with Crippen molar-refractivity contribution in [3.8, 4) is 0 Å². The lowest BCUT2D eigenvalue weighted by atomic mass is 10.2. The summed E-state index contributed by atoms with van der Waals surface area (Å²) in [6.07, 6.45) is 1.15. The van der Waals surface area contributed by atoms with Gasteiger partial charge in [0.2, 0.25) is 5.91 Å². The number of carbonyl (C=O) groups excluding carboxylic acids is 2. The molecule has 0 saturated heterocycles. The minimum Gasteiger partial charge on any atom is -0.481 e. The topological polar surface area (TPSA) is 110 Å². The highest BCUT2D eigenvalue weighted by Crippen LogP contribution is 2.22. The van der Waals surface area contributed by atoms with Crippen LogP contribution in [0.5, 0.6) is 0 Å². The Morgan fingerprint density at radius 2 is 2.08 bits per heavy atom. The first kappa shape index (κ1) is 17.9. The van der Waals surface area contributed by atoms with Crippen molar-refractivity contribution in [3.05, 3.63) is 28.5 Å². The van der Waals surface area contributed by atoms with Crippen molar-refractivity contribution in [2.45, 2.75) is 26.2 Å². The average molecular weight is 398 g/mol. The number of nitrogens with one attached hydrogen (secondary N) is 1. The summed E-state index contributed by atoms with van der Waals surface area (Å²) in [6.45, 7) is 1.95. The predicted molar refractivity (Wildman–Crippen MR) is 88.7 cm³/mol. The zero-order valence-corrected chi connectivity index (χ0v) is 14.5. The van der Waals surface area contributed by atoms with Gasteiger partial charge in [-0.3, -0.25) is 18.8 Å². The third-order valence-electron chi connectivity index (χ3n) is 3.10. The molecule has 24 heavy (non-hydrogen) atoms. The van der Waals surface area contributed by atoms with Crippen LogP contribution in [0.2, 0.25) is 0 Å². The molecule has 128 valence electrons. The maximum Gasteiger partial charge on any atom is 0.312 e. The number of hydrogen-bond acceptors (Lipinski definition) is 5. The van der Waals surface area contributed by atoms with E-state index in [-0.39, 0.29) is 25.9 Å². The number of aromatic nitrogens is 2. The zero-order valence-electron chi connectivity index (χ0n) is 12.9. The van der Waals surface area contributed by atoms with Crippen LogP contribution in [0.4, 0.5) is 5.82 Å². The highest BCUT2D eigenvalue weighted by Gasteiger charge is 2.18. The molecule has 0 unspecified atom stereocenters. The molecular weight excluding hydrogens is 382 g/mol. The molecule has 0 aliphatic rings. The van der Waals surface area contributed by atoms with Gasteiger partial charge < -0.3 is 15.2 Å². The number of fused-ring (bicyclic) bond motifs is 1. The molecule has 8 nitrogen and oxygen atoms in total. The average Bonchev–Trinajstić information content (AvgIpc) is 2.82. The van der Waals surface area contributed by atoms with Gasteiger partial charge in [0, 0.05) is 17.1 Å². The number of carbonyl (C=O) groups is 3. The number of anilines is 1. The molecular formula is C15H16BrN3O5. The molecule has 0 aromatic carbocycles. The van der Waals surface area contributed by atoms with Crippen molar-refractivity contribution in [1.29, 1.82) is 0 Å². The first-order valence-corrected chi connectivity index (χ1v) is 8.03. The first-order valence-electron chi connectivity index (χ1n) is 7.24. The van der Waals surface area contributed by atoms with Crippen molar-refractivity contribution in [1.82, 2.24) is 9.38 Å². The maximum atomic E-state index is 12.0. The lowest BCUT2D eigenvalue weighted by Crippen LogP contribution is -2.17. The quantitative estimate of drug-likeness (QED) is 0.691. The Hall–Kier alpha value is -2.42. The summed E-state index contributed by atoms with van der Waals surface area (Å²) in [5.74, 6) is -1.65. The molecule has 2 N–H and O–H groups in total. The van der Waals surface area contributed by atoms with E-state index in [0.717, 1.165) is 4.47 Å². The number of esters is 1. The van der Waals surface area contributed by atoms with E-state index in [1.54, 1.807) is 29.7 Å². The molecule has 0 atom stereocenters. The van der Waals surface area contributed by atoms with Crippen LogP contribution in [0.15, 0.2) is 22.8 Å². The number of aliphatic carboxylic acids is 1. The molecule has 0 saturated carbocycles. The van der Waals surface area contributed by atoms with E-state index in [2.05, 4.69) is 26.2 Å². The van der Waals surface area contributed by atoms with E-state index in [9.17, 15) is 14.4 Å². The second-order valence-electron chi connectivity index (χ2n) is 4.91. The fourth-order valence-electron chi connectivity index (χ4n) is 2.09. The molecule has 0 aliphatic carbocycles. The monoisotopic (exact) mass is 397 g/mol. The van der Waals surface area contributed by atoms with E-state index >= 15 is 0 Å². The van der Waals surface area contributed by atoms with Crippen LogP contribution < -0.4 is 5.32 Å². The third-order valence-corrected chi connectivity index (χ3v) is 3.56. The second kappa shape index (κ2) is 7.91. The fraction of sp³-hybridized carbons (Fsp3) is 0.333. The van der Waals surface area contributed by atoms with Gasteiger partial charge in [0.15, 0.2) is 0 Å². The summed E-state index contributed by atoms with van der Waals surface area (Å²) in [7, 11) is 0. The van der Waals surface area contributed by atoms with E-state index in [0.29, 0.717) is 17.2 Å². The lowest BCUT2D eigenvalue weighted by molar-refractivity contribution is -0.142. The normalized spacial score (nSPS) is 10.6. The van der Waals surface area contributed by atoms with Gasteiger partial charge in [-0.1, -0.05) is 0 Å². The van der Waals surface area contributed by atoms with Crippen LogP contribution in [-0.4, -0.2) is 38.9 Å². The Morgan fingerprint density at radius 1 is 1.33 bits per heavy atom. The Bertz CT molecular complexity index is 787. The molecule has 0 spiro atoms. The standard InChI is InChI=1S/C15H16BrN3O5/c1-2-24-14(23)7-10-15(18-12(20)5-6-13(21)22)19-8-9(16)3-4-11(19)17-10/h3-4,8H,2,5-7H2,1H3,(H,18,20)(H,21,22). The Morgan fingerprint density at radius 3 is 2.75 bits per heavy atom. The SMILES string of the molecule is CCOC(=O)Cc1nc2ccc(Br)cn2c1NC(=O)CCC(=O)O. The summed E-state index contributed by atoms with van der Waals surface area (Å²) in [5, 5.41) is 11.3. The summed E-state index contributed by atoms with van der Waals surface area (Å²) < 4.78 is 7.30. The summed E-state index contributed by atoms with van der Waals surface area (Å²) in [5.41, 5.74) is 0.904. The zero-order chi connectivity index (χ0) is 17.7. The minimum absolute atomic E-state index is 0.0956. The lowest BCUT2D eigenvalue weighted by Gasteiger charge is -2.07. The summed E-state index contributed by atoms with van der Waals surface area (Å²) in [6, 6.07) is 3.51. The van der Waals surface area contributed by atoms with Gasteiger partial charge in [0.1, 0.15) is 11.5 Å². The van der Waals surface area contributed by atoms with Gasteiger partial charge in [-0.2, -0.15) is 0 Å². The van der Waals surface area contributed by atoms with E-state index in [4.69, 9.17) is 9.84 Å². The molecule has 0 fully saturated rings. The van der Waals surface area contributed by atoms with Crippen LogP contribution >= 0.6 is 15.9 Å². The number of carboxylic acids is 1. The summed E-state index contributed by atoms with van der Waals surface area (Å²) >= 11 is 3.34. The fourth-order valence-corrected chi connectivity index (χ4v) is 2.42. The Balaban J connectivity index is 2.32. The largest absolute Gasteiger partial charge is 0.481 e. The number of rotatable bonds is 7. The van der Waals surface area contributed by atoms with E-state index < -0.39 is 17.8 Å². The van der Waals surface area contributed by atoms with Crippen molar-refractivity contribution >= 4 is 45.2 Å². The molecule has 2 aromatic heterocycles. The number of pyridine rings is 1. The summed E-state index contributed by atoms with van der Waals surface area (Å²) in [4.78, 5) is 38.6. The van der Waals surface area contributed by atoms with Crippen molar-refractivity contribution in [2.24, 2.45) is 0 Å². The van der Waals surface area contributed by atoms with E-state index in [1.165, 1.54) is 0 Å². The van der Waals surface area contributed by atoms with Gasteiger partial charge in [-0.15, -0.1) is 0 Å². The number of hydrogen-bond donors (Lipinski definition) is 2. The van der Waals surface area contributed by atoms with Gasteiger partial charge in [-0.05, 0) is 35.0 Å². The van der Waals surface area contributed by atoms with Crippen LogP contribution in [0, 0.1) is 0 Å². The van der Waals surface area contributed by atoms with Gasteiger partial charge >= 0.3 is 11.9 Å².